The Bertz CT molecular complexity index is 391. The number of rotatable bonds is 4. The van der Waals surface area contributed by atoms with E-state index in [0.717, 1.165) is 25.9 Å². The van der Waals surface area contributed by atoms with Gasteiger partial charge >= 0.3 is 12.0 Å². The minimum Gasteiger partial charge on any atom is -0.477 e. The Hall–Kier alpha value is -1.69. The standard InChI is InChI=1S/C11H14N2O4/c14-10(15)9-4-5-12-11(13-9)17-7-8-3-1-2-6-16-8/h4-5,8H,1-3,6-7H2,(H,14,15). The fraction of sp³-hybridized carbons (Fsp3) is 0.545. The molecular weight excluding hydrogens is 224 g/mol. The third kappa shape index (κ3) is 3.39. The average Bonchev–Trinajstić information content (AvgIpc) is 2.38. The highest BCUT2D eigenvalue weighted by Gasteiger charge is 2.15. The van der Waals surface area contributed by atoms with E-state index in [1.807, 2.05) is 0 Å². The minimum atomic E-state index is -1.09. The van der Waals surface area contributed by atoms with Crippen molar-refractivity contribution in [1.29, 1.82) is 0 Å². The summed E-state index contributed by atoms with van der Waals surface area (Å²) in [5.41, 5.74) is -0.0698. The molecule has 6 nitrogen and oxygen atoms in total. The van der Waals surface area contributed by atoms with Crippen LogP contribution < -0.4 is 4.74 Å². The highest BCUT2D eigenvalue weighted by atomic mass is 16.5. The topological polar surface area (TPSA) is 81.5 Å². The van der Waals surface area contributed by atoms with Gasteiger partial charge in [-0.15, -0.1) is 0 Å². The summed E-state index contributed by atoms with van der Waals surface area (Å²) in [7, 11) is 0. The number of hydrogen-bond acceptors (Lipinski definition) is 5. The molecule has 1 aromatic heterocycles. The average molecular weight is 238 g/mol. The second kappa shape index (κ2) is 5.58. The maximum atomic E-state index is 10.7. The molecule has 2 heterocycles. The smallest absolute Gasteiger partial charge is 0.354 e. The first kappa shape index (κ1) is 11.8. The van der Waals surface area contributed by atoms with Gasteiger partial charge in [0.2, 0.25) is 0 Å². The first-order valence-corrected chi connectivity index (χ1v) is 5.56. The van der Waals surface area contributed by atoms with Crippen LogP contribution in [0.4, 0.5) is 0 Å². The Labute approximate surface area is 98.6 Å². The lowest BCUT2D eigenvalue weighted by atomic mass is 10.1. The largest absolute Gasteiger partial charge is 0.477 e. The number of aromatic nitrogens is 2. The second-order valence-electron chi connectivity index (χ2n) is 3.83. The summed E-state index contributed by atoms with van der Waals surface area (Å²) in [5, 5.41) is 8.76. The van der Waals surface area contributed by atoms with Gasteiger partial charge in [0.1, 0.15) is 6.61 Å². The van der Waals surface area contributed by atoms with E-state index in [1.165, 1.54) is 12.3 Å². The second-order valence-corrected chi connectivity index (χ2v) is 3.83. The Morgan fingerprint density at radius 2 is 2.47 bits per heavy atom. The van der Waals surface area contributed by atoms with E-state index >= 15 is 0 Å². The van der Waals surface area contributed by atoms with Crippen LogP contribution >= 0.6 is 0 Å². The molecule has 1 N–H and O–H groups in total. The molecule has 0 saturated carbocycles. The number of ether oxygens (including phenoxy) is 2. The van der Waals surface area contributed by atoms with Crippen LogP contribution in [0.5, 0.6) is 6.01 Å². The molecule has 0 bridgehead atoms. The highest BCUT2D eigenvalue weighted by Crippen LogP contribution is 2.13. The Morgan fingerprint density at radius 3 is 3.18 bits per heavy atom. The summed E-state index contributed by atoms with van der Waals surface area (Å²) >= 11 is 0. The van der Waals surface area contributed by atoms with Gasteiger partial charge in [-0.05, 0) is 25.3 Å². The van der Waals surface area contributed by atoms with Crippen LogP contribution in [0.1, 0.15) is 29.8 Å². The van der Waals surface area contributed by atoms with Crippen molar-refractivity contribution >= 4 is 5.97 Å². The lowest BCUT2D eigenvalue weighted by Gasteiger charge is -2.21. The van der Waals surface area contributed by atoms with E-state index < -0.39 is 5.97 Å². The molecule has 2 rings (SSSR count). The van der Waals surface area contributed by atoms with Crippen LogP contribution in [-0.2, 0) is 4.74 Å². The van der Waals surface area contributed by atoms with Gasteiger partial charge in [0.05, 0.1) is 6.10 Å². The van der Waals surface area contributed by atoms with Gasteiger partial charge in [0.25, 0.3) is 0 Å². The zero-order valence-corrected chi connectivity index (χ0v) is 9.33. The first-order valence-electron chi connectivity index (χ1n) is 5.56. The van der Waals surface area contributed by atoms with Gasteiger partial charge in [0, 0.05) is 12.8 Å². The third-order valence-electron chi connectivity index (χ3n) is 2.52. The number of carboxylic acids is 1. The van der Waals surface area contributed by atoms with Gasteiger partial charge in [0.15, 0.2) is 5.69 Å². The monoisotopic (exact) mass is 238 g/mol. The summed E-state index contributed by atoms with van der Waals surface area (Å²) in [6, 6.07) is 1.41. The predicted molar refractivity (Wildman–Crippen MR) is 58.1 cm³/mol. The molecule has 1 saturated heterocycles. The molecule has 1 fully saturated rings. The van der Waals surface area contributed by atoms with Crippen LogP contribution in [0.15, 0.2) is 12.3 Å². The van der Waals surface area contributed by atoms with Crippen LogP contribution in [0.2, 0.25) is 0 Å². The van der Waals surface area contributed by atoms with Crippen molar-refractivity contribution in [2.75, 3.05) is 13.2 Å². The van der Waals surface area contributed by atoms with Crippen LogP contribution in [0, 0.1) is 0 Å². The summed E-state index contributed by atoms with van der Waals surface area (Å²) in [5.74, 6) is -1.09. The lowest BCUT2D eigenvalue weighted by Crippen LogP contribution is -2.26. The normalized spacial score (nSPS) is 19.9. The van der Waals surface area contributed by atoms with Gasteiger partial charge in [-0.1, -0.05) is 0 Å². The van der Waals surface area contributed by atoms with E-state index in [-0.39, 0.29) is 17.8 Å². The molecule has 0 aliphatic carbocycles. The summed E-state index contributed by atoms with van der Waals surface area (Å²) < 4.78 is 10.8. The Morgan fingerprint density at radius 1 is 1.59 bits per heavy atom. The van der Waals surface area contributed by atoms with E-state index in [1.54, 1.807) is 0 Å². The van der Waals surface area contributed by atoms with E-state index in [0.29, 0.717) is 6.61 Å². The van der Waals surface area contributed by atoms with Crippen LogP contribution in [0.25, 0.3) is 0 Å². The Kier molecular flexibility index (Phi) is 3.87. The molecule has 92 valence electrons. The van der Waals surface area contributed by atoms with E-state index in [4.69, 9.17) is 14.6 Å². The molecule has 6 heteroatoms. The van der Waals surface area contributed by atoms with Crippen LogP contribution in [-0.4, -0.2) is 40.4 Å². The molecule has 1 aliphatic rings. The van der Waals surface area contributed by atoms with Crippen molar-refractivity contribution in [3.63, 3.8) is 0 Å². The quantitative estimate of drug-likeness (QED) is 0.846. The molecule has 1 aliphatic heterocycles. The SMILES string of the molecule is O=C(O)c1ccnc(OCC2CCCCO2)n1. The van der Waals surface area contributed by atoms with Crippen molar-refractivity contribution < 1.29 is 19.4 Å². The lowest BCUT2D eigenvalue weighted by molar-refractivity contribution is -0.0129. The van der Waals surface area contributed by atoms with Gasteiger partial charge in [-0.3, -0.25) is 0 Å². The molecule has 0 spiro atoms. The van der Waals surface area contributed by atoms with E-state index in [2.05, 4.69) is 9.97 Å². The molecule has 1 unspecified atom stereocenters. The maximum Gasteiger partial charge on any atom is 0.354 e. The van der Waals surface area contributed by atoms with Crippen molar-refractivity contribution in [3.05, 3.63) is 18.0 Å². The van der Waals surface area contributed by atoms with Crippen molar-refractivity contribution in [3.8, 4) is 6.01 Å². The Balaban J connectivity index is 1.89. The fourth-order valence-electron chi connectivity index (χ4n) is 1.64. The molecular formula is C11H14N2O4. The highest BCUT2D eigenvalue weighted by molar-refractivity contribution is 5.85. The van der Waals surface area contributed by atoms with Gasteiger partial charge < -0.3 is 14.6 Å². The molecule has 17 heavy (non-hydrogen) atoms. The number of aromatic carboxylic acids is 1. The molecule has 0 radical (unpaired) electrons. The number of nitrogens with zero attached hydrogens (tertiary/aromatic N) is 2. The van der Waals surface area contributed by atoms with Crippen molar-refractivity contribution in [1.82, 2.24) is 9.97 Å². The van der Waals surface area contributed by atoms with Crippen molar-refractivity contribution in [2.45, 2.75) is 25.4 Å². The summed E-state index contributed by atoms with van der Waals surface area (Å²) in [6.07, 6.45) is 4.60. The van der Waals surface area contributed by atoms with Gasteiger partial charge in [-0.2, -0.15) is 4.98 Å². The summed E-state index contributed by atoms with van der Waals surface area (Å²) in [6.45, 7) is 1.12. The fourth-order valence-corrected chi connectivity index (χ4v) is 1.64. The number of carbonyl (C=O) groups is 1. The predicted octanol–water partition coefficient (Wildman–Crippen LogP) is 1.12. The molecule has 1 atom stereocenters. The number of carboxylic acid groups (broad SMARTS) is 1. The molecule has 0 amide bonds. The van der Waals surface area contributed by atoms with E-state index in [9.17, 15) is 4.79 Å². The summed E-state index contributed by atoms with van der Waals surface area (Å²) in [4.78, 5) is 18.3. The maximum absolute atomic E-state index is 10.7. The number of hydrogen-bond donors (Lipinski definition) is 1. The van der Waals surface area contributed by atoms with Gasteiger partial charge in [-0.25, -0.2) is 9.78 Å². The van der Waals surface area contributed by atoms with Crippen molar-refractivity contribution in [2.24, 2.45) is 0 Å². The van der Waals surface area contributed by atoms with Crippen LogP contribution in [0.3, 0.4) is 0 Å². The zero-order valence-electron chi connectivity index (χ0n) is 9.33. The third-order valence-corrected chi connectivity index (χ3v) is 2.52. The molecule has 0 aromatic carbocycles. The first-order chi connectivity index (χ1) is 8.25. The minimum absolute atomic E-state index is 0.0563. The molecule has 1 aromatic rings. The zero-order chi connectivity index (χ0) is 12.1.